The fourth-order valence-corrected chi connectivity index (χ4v) is 14.4. The highest BCUT2D eigenvalue weighted by Gasteiger charge is 2.41. The molecule has 10 aromatic carbocycles. The first kappa shape index (κ1) is 38.0. The van der Waals surface area contributed by atoms with E-state index in [9.17, 15) is 0 Å². The van der Waals surface area contributed by atoms with Gasteiger partial charge in [0.25, 0.3) is 0 Å². The number of para-hydroxylation sites is 2. The fourth-order valence-electron chi connectivity index (χ4n) is 9.61. The van der Waals surface area contributed by atoms with E-state index in [1.165, 1.54) is 64.8 Å². The summed E-state index contributed by atoms with van der Waals surface area (Å²) in [5.74, 6) is 0. The van der Waals surface area contributed by atoms with Crippen molar-refractivity contribution in [3.63, 3.8) is 0 Å². The summed E-state index contributed by atoms with van der Waals surface area (Å²) in [6, 6.07) is 97.7. The van der Waals surface area contributed by atoms with Crippen LogP contribution in [0.2, 0.25) is 0 Å². The van der Waals surface area contributed by atoms with Crippen LogP contribution in [0.5, 0.6) is 0 Å². The molecule has 298 valence electrons. The molecule has 0 unspecified atom stereocenters. The molecule has 1 heterocycles. The van der Waals surface area contributed by atoms with Gasteiger partial charge in [0.05, 0.1) is 11.0 Å². The lowest BCUT2D eigenvalue weighted by Crippen LogP contribution is -2.74. The normalized spacial score (nSPS) is 11.5. The highest BCUT2D eigenvalue weighted by Crippen LogP contribution is 2.38. The average Bonchev–Trinajstić information content (AvgIpc) is 3.70. The first-order chi connectivity index (χ1) is 31.3. The fraction of sp³-hybridized carbons (Fsp3) is 0. The van der Waals surface area contributed by atoms with Crippen molar-refractivity contribution < 1.29 is 0 Å². The summed E-state index contributed by atoms with van der Waals surface area (Å²) in [5.41, 5.74) is 11.6. The lowest BCUT2D eigenvalue weighted by molar-refractivity contribution is 1.18. The molecule has 11 rings (SSSR count). The third-order valence-electron chi connectivity index (χ3n) is 12.6. The molecule has 0 saturated carbocycles. The van der Waals surface area contributed by atoms with Crippen LogP contribution in [0, 0.1) is 0 Å². The van der Waals surface area contributed by atoms with E-state index in [1.54, 1.807) is 0 Å². The van der Waals surface area contributed by atoms with Gasteiger partial charge in [-0.1, -0.05) is 206 Å². The molecule has 2 nitrogen and oxygen atoms in total. The minimum atomic E-state index is -2.68. The van der Waals surface area contributed by atoms with E-state index in [-0.39, 0.29) is 0 Å². The number of fused-ring (bicyclic) bond motifs is 3. The molecule has 0 spiro atoms. The number of aromatic nitrogens is 1. The van der Waals surface area contributed by atoms with Crippen molar-refractivity contribution in [3.05, 3.63) is 267 Å². The van der Waals surface area contributed by atoms with Gasteiger partial charge in [-0.2, -0.15) is 0 Å². The van der Waals surface area contributed by atoms with E-state index in [4.69, 9.17) is 0 Å². The summed E-state index contributed by atoms with van der Waals surface area (Å²) in [4.78, 5) is 2.38. The van der Waals surface area contributed by atoms with E-state index in [0.717, 1.165) is 22.7 Å². The molecule has 0 aliphatic rings. The summed E-state index contributed by atoms with van der Waals surface area (Å²) >= 11 is 0. The summed E-state index contributed by atoms with van der Waals surface area (Å²) in [5, 5.41) is 7.94. The van der Waals surface area contributed by atoms with Crippen LogP contribution in [0.25, 0.3) is 49.7 Å². The third kappa shape index (κ3) is 6.86. The van der Waals surface area contributed by atoms with Crippen molar-refractivity contribution in [3.8, 4) is 27.9 Å². The van der Waals surface area contributed by atoms with Crippen LogP contribution in [0.15, 0.2) is 267 Å². The standard InChI is InChI=1S/C60H44N2Si/c1-6-18-45(19-7-1)46-30-35-50(36-31-46)61(52-39-41-56(42-40-52)63(53-22-10-3-11-23-53,54-24-12-4-13-25-54)55-26-14-5-15-27-55)51-37-32-47(33-38-51)48-34-43-58-57-28-16-17-29-59(57)62(60(58)44-48)49-20-8-2-9-21-49/h1-44H. The number of hydrogen-bond donors (Lipinski definition) is 0. The molecule has 0 bridgehead atoms. The predicted octanol–water partition coefficient (Wildman–Crippen LogP) is 13.0. The maximum absolute atomic E-state index is 2.68. The Hall–Kier alpha value is -7.98. The first-order valence-electron chi connectivity index (χ1n) is 21.7. The zero-order chi connectivity index (χ0) is 42.0. The average molecular weight is 821 g/mol. The first-order valence-corrected chi connectivity index (χ1v) is 23.7. The molecule has 63 heavy (non-hydrogen) atoms. The predicted molar refractivity (Wildman–Crippen MR) is 270 cm³/mol. The second-order valence-corrected chi connectivity index (χ2v) is 19.9. The molecule has 0 fully saturated rings. The van der Waals surface area contributed by atoms with Gasteiger partial charge in [0, 0.05) is 33.5 Å². The molecule has 0 saturated heterocycles. The van der Waals surface area contributed by atoms with Crippen LogP contribution in [0.3, 0.4) is 0 Å². The van der Waals surface area contributed by atoms with Gasteiger partial charge in [-0.15, -0.1) is 0 Å². The van der Waals surface area contributed by atoms with Gasteiger partial charge >= 0.3 is 0 Å². The molecular weight excluding hydrogens is 777 g/mol. The Balaban J connectivity index is 1.03. The molecule has 0 atom stereocenters. The van der Waals surface area contributed by atoms with E-state index < -0.39 is 8.07 Å². The molecule has 0 aliphatic carbocycles. The number of anilines is 3. The maximum Gasteiger partial charge on any atom is 0.179 e. The summed E-state index contributed by atoms with van der Waals surface area (Å²) < 4.78 is 2.39. The molecule has 0 radical (unpaired) electrons. The minimum absolute atomic E-state index is 1.09. The third-order valence-corrected chi connectivity index (χ3v) is 17.4. The van der Waals surface area contributed by atoms with Gasteiger partial charge in [0.2, 0.25) is 0 Å². The number of hydrogen-bond acceptors (Lipinski definition) is 1. The van der Waals surface area contributed by atoms with E-state index in [0.29, 0.717) is 0 Å². The van der Waals surface area contributed by atoms with Crippen LogP contribution < -0.4 is 25.6 Å². The summed E-state index contributed by atoms with van der Waals surface area (Å²) in [7, 11) is -2.68. The zero-order valence-corrected chi connectivity index (χ0v) is 35.8. The number of rotatable bonds is 10. The lowest BCUT2D eigenvalue weighted by atomic mass is 10.0. The molecule has 0 amide bonds. The van der Waals surface area contributed by atoms with Crippen LogP contribution in [0.4, 0.5) is 17.1 Å². The molecule has 11 aromatic rings. The molecule has 1 aromatic heterocycles. The molecular formula is C60H44N2Si. The second kappa shape index (κ2) is 16.5. The molecule has 0 aliphatic heterocycles. The monoisotopic (exact) mass is 820 g/mol. The summed E-state index contributed by atoms with van der Waals surface area (Å²) in [6.07, 6.45) is 0. The maximum atomic E-state index is 2.39. The Labute approximate surface area is 370 Å². The van der Waals surface area contributed by atoms with Crippen LogP contribution in [-0.2, 0) is 0 Å². The van der Waals surface area contributed by atoms with Crippen LogP contribution in [0.1, 0.15) is 0 Å². The minimum Gasteiger partial charge on any atom is -0.311 e. The largest absolute Gasteiger partial charge is 0.311 e. The van der Waals surface area contributed by atoms with Gasteiger partial charge < -0.3 is 9.47 Å². The van der Waals surface area contributed by atoms with Gasteiger partial charge in [-0.3, -0.25) is 0 Å². The van der Waals surface area contributed by atoms with E-state index >= 15 is 0 Å². The van der Waals surface area contributed by atoms with Gasteiger partial charge in [0.15, 0.2) is 8.07 Å². The summed E-state index contributed by atoms with van der Waals surface area (Å²) in [6.45, 7) is 0. The Morgan fingerprint density at radius 3 is 1.16 bits per heavy atom. The Morgan fingerprint density at radius 2 is 0.635 bits per heavy atom. The van der Waals surface area contributed by atoms with Gasteiger partial charge in [-0.25, -0.2) is 0 Å². The highest BCUT2D eigenvalue weighted by atomic mass is 28.3. The Morgan fingerprint density at radius 1 is 0.270 bits per heavy atom. The zero-order valence-electron chi connectivity index (χ0n) is 34.8. The van der Waals surface area contributed by atoms with Crippen molar-refractivity contribution in [1.29, 1.82) is 0 Å². The van der Waals surface area contributed by atoms with E-state index in [2.05, 4.69) is 276 Å². The van der Waals surface area contributed by atoms with Gasteiger partial charge in [-0.05, 0) is 104 Å². The lowest BCUT2D eigenvalue weighted by Gasteiger charge is -2.35. The number of benzene rings is 10. The quantitative estimate of drug-likeness (QED) is 0.0985. The van der Waals surface area contributed by atoms with Crippen molar-refractivity contribution in [2.24, 2.45) is 0 Å². The highest BCUT2D eigenvalue weighted by molar-refractivity contribution is 7.19. The number of nitrogens with zero attached hydrogens (tertiary/aromatic N) is 2. The van der Waals surface area contributed by atoms with Crippen molar-refractivity contribution in [2.45, 2.75) is 0 Å². The Bertz CT molecular complexity index is 3180. The molecule has 3 heteroatoms. The Kier molecular flexibility index (Phi) is 9.93. The smallest absolute Gasteiger partial charge is 0.179 e. The van der Waals surface area contributed by atoms with Gasteiger partial charge in [0.1, 0.15) is 0 Å². The topological polar surface area (TPSA) is 8.17 Å². The van der Waals surface area contributed by atoms with Crippen LogP contribution in [-0.4, -0.2) is 12.6 Å². The SMILES string of the molecule is c1ccc(-c2ccc(N(c3ccc(-c4ccc5c6ccccc6n(-c6ccccc6)c5c4)cc3)c3ccc([Si](c4ccccc4)(c4ccccc4)c4ccccc4)cc3)cc2)cc1. The van der Waals surface area contributed by atoms with Crippen molar-refractivity contribution in [1.82, 2.24) is 4.57 Å². The molecule has 0 N–H and O–H groups in total. The van der Waals surface area contributed by atoms with E-state index in [1.807, 2.05) is 0 Å². The van der Waals surface area contributed by atoms with Crippen molar-refractivity contribution in [2.75, 3.05) is 4.90 Å². The second-order valence-electron chi connectivity index (χ2n) is 16.1. The van der Waals surface area contributed by atoms with Crippen molar-refractivity contribution >= 4 is 67.7 Å². The van der Waals surface area contributed by atoms with Crippen LogP contribution >= 0.6 is 0 Å².